The molecular formula is C6H15O13P3. The molecule has 1 unspecified atom stereocenters. The van der Waals surface area contributed by atoms with Crippen LogP contribution in [0.5, 0.6) is 0 Å². The summed E-state index contributed by atoms with van der Waals surface area (Å²) in [5.74, 6) is -1.05. The Morgan fingerprint density at radius 3 is 1.91 bits per heavy atom. The average Bonchev–Trinajstić information content (AvgIpc) is 2.49. The molecule has 5 atom stereocenters. The minimum absolute atomic E-state index is 0.378. The molecule has 0 radical (unpaired) electrons. The Morgan fingerprint density at radius 2 is 1.45 bits per heavy atom. The van der Waals surface area contributed by atoms with Crippen LogP contribution in [0.15, 0.2) is 0 Å². The van der Waals surface area contributed by atoms with Gasteiger partial charge >= 0.3 is 23.5 Å². The van der Waals surface area contributed by atoms with Crippen LogP contribution in [0, 0.1) is 5.92 Å². The standard InChI is InChI=1S/C6H15O13P3/c7-5-3(2-17-20(9,10)11)1-4(6(5)8)18-22(15,16)19-21(12,13)14/h3-8H,1-2H2,(H,15,16)(H2,9,10,11)(H2,12,13,14)/t3-,4+,5-,6+/m1/s1. The van der Waals surface area contributed by atoms with E-state index in [-0.39, 0.29) is 6.42 Å². The van der Waals surface area contributed by atoms with Crippen LogP contribution >= 0.6 is 23.5 Å². The van der Waals surface area contributed by atoms with E-state index in [0.29, 0.717) is 0 Å². The second-order valence-corrected chi connectivity index (χ2v) is 8.47. The molecule has 1 fully saturated rings. The quantitative estimate of drug-likeness (QED) is 0.245. The summed E-state index contributed by atoms with van der Waals surface area (Å²) in [6.07, 6.45) is -5.31. The first-order valence-electron chi connectivity index (χ1n) is 5.54. The number of phosphoric ester groups is 2. The van der Waals surface area contributed by atoms with Gasteiger partial charge in [0.2, 0.25) is 0 Å². The molecule has 132 valence electrons. The maximum atomic E-state index is 11.3. The summed E-state index contributed by atoms with van der Waals surface area (Å²) in [4.78, 5) is 43.1. The van der Waals surface area contributed by atoms with Gasteiger partial charge in [-0.05, 0) is 6.42 Å². The number of hydrogen-bond donors (Lipinski definition) is 7. The number of aliphatic hydroxyl groups is 2. The van der Waals surface area contributed by atoms with Crippen molar-refractivity contribution in [3.63, 3.8) is 0 Å². The fraction of sp³-hybridized carbons (Fsp3) is 1.00. The molecule has 0 aliphatic heterocycles. The van der Waals surface area contributed by atoms with E-state index in [2.05, 4.69) is 13.4 Å². The van der Waals surface area contributed by atoms with E-state index in [9.17, 15) is 23.9 Å². The van der Waals surface area contributed by atoms with Gasteiger partial charge in [-0.25, -0.2) is 13.7 Å². The summed E-state index contributed by atoms with van der Waals surface area (Å²) >= 11 is 0. The molecule has 0 spiro atoms. The van der Waals surface area contributed by atoms with Gasteiger partial charge in [-0.15, -0.1) is 0 Å². The molecule has 13 nitrogen and oxygen atoms in total. The molecule has 1 aliphatic rings. The number of hydrogen-bond acceptors (Lipinski definition) is 8. The van der Waals surface area contributed by atoms with Crippen molar-refractivity contribution < 1.29 is 61.7 Å². The SMILES string of the molecule is O=P(O)(O)OC[C@H]1C[C@H](OP(=O)(O)OP(=O)(O)O)[C@H](O)[C@@H]1O. The Balaban J connectivity index is 2.68. The summed E-state index contributed by atoms with van der Waals surface area (Å²) in [5, 5.41) is 19.2. The van der Waals surface area contributed by atoms with Gasteiger partial charge in [0.25, 0.3) is 0 Å². The lowest BCUT2D eigenvalue weighted by Gasteiger charge is -2.20. The van der Waals surface area contributed by atoms with Crippen molar-refractivity contribution in [3.05, 3.63) is 0 Å². The molecule has 0 aromatic heterocycles. The lowest BCUT2D eigenvalue weighted by molar-refractivity contribution is -0.0291. The van der Waals surface area contributed by atoms with Crippen molar-refractivity contribution in [2.24, 2.45) is 5.92 Å². The predicted molar refractivity (Wildman–Crippen MR) is 65.9 cm³/mol. The van der Waals surface area contributed by atoms with Crippen LogP contribution in [0.3, 0.4) is 0 Å². The summed E-state index contributed by atoms with van der Waals surface area (Å²) in [5.41, 5.74) is 0. The molecule has 7 N–H and O–H groups in total. The highest BCUT2D eigenvalue weighted by Crippen LogP contribution is 2.59. The molecule has 0 saturated heterocycles. The minimum Gasteiger partial charge on any atom is -0.390 e. The topological polar surface area (TPSA) is 221 Å². The third-order valence-corrected chi connectivity index (χ3v) is 5.38. The van der Waals surface area contributed by atoms with Gasteiger partial charge in [-0.1, -0.05) is 0 Å². The van der Waals surface area contributed by atoms with Crippen molar-refractivity contribution in [3.8, 4) is 0 Å². The molecular weight excluding hydrogens is 373 g/mol. The van der Waals surface area contributed by atoms with Crippen LogP contribution in [0.2, 0.25) is 0 Å². The molecule has 1 rings (SSSR count). The zero-order valence-corrected chi connectivity index (χ0v) is 13.3. The molecule has 0 heterocycles. The second-order valence-electron chi connectivity index (χ2n) is 4.45. The smallest absolute Gasteiger partial charge is 0.390 e. The number of aliphatic hydroxyl groups excluding tert-OH is 2. The Kier molecular flexibility index (Phi) is 6.51. The van der Waals surface area contributed by atoms with Crippen molar-refractivity contribution in [1.82, 2.24) is 0 Å². The van der Waals surface area contributed by atoms with E-state index < -0.39 is 54.3 Å². The van der Waals surface area contributed by atoms with Crippen molar-refractivity contribution in [1.29, 1.82) is 0 Å². The van der Waals surface area contributed by atoms with Gasteiger partial charge in [0.05, 0.1) is 18.8 Å². The molecule has 0 amide bonds. The molecule has 0 bridgehead atoms. The molecule has 1 aliphatic carbocycles. The summed E-state index contributed by atoms with van der Waals surface area (Å²) in [7, 11) is -15.4. The first-order chi connectivity index (χ1) is 9.70. The maximum Gasteiger partial charge on any atom is 0.481 e. The van der Waals surface area contributed by atoms with Crippen LogP contribution < -0.4 is 0 Å². The van der Waals surface area contributed by atoms with Crippen LogP contribution in [0.4, 0.5) is 0 Å². The zero-order valence-electron chi connectivity index (χ0n) is 10.6. The highest BCUT2D eigenvalue weighted by Gasteiger charge is 2.47. The van der Waals surface area contributed by atoms with Gasteiger partial charge in [0, 0.05) is 5.92 Å². The van der Waals surface area contributed by atoms with Gasteiger partial charge in [-0.2, -0.15) is 4.31 Å². The fourth-order valence-corrected chi connectivity index (χ4v) is 4.03. The first kappa shape index (κ1) is 20.3. The summed E-state index contributed by atoms with van der Waals surface area (Å²) in [6, 6.07) is 0. The highest BCUT2D eigenvalue weighted by molar-refractivity contribution is 7.60. The molecule has 16 heteroatoms. The van der Waals surface area contributed by atoms with Crippen molar-refractivity contribution in [2.45, 2.75) is 24.7 Å². The monoisotopic (exact) mass is 388 g/mol. The summed E-state index contributed by atoms with van der Waals surface area (Å²) in [6.45, 7) is -0.683. The number of rotatable bonds is 7. The van der Waals surface area contributed by atoms with Crippen molar-refractivity contribution in [2.75, 3.05) is 6.61 Å². The van der Waals surface area contributed by atoms with E-state index in [1.807, 2.05) is 0 Å². The van der Waals surface area contributed by atoms with Crippen LogP contribution in [-0.2, 0) is 27.1 Å². The number of phosphoric acid groups is 3. The van der Waals surface area contributed by atoms with E-state index in [0.717, 1.165) is 0 Å². The van der Waals surface area contributed by atoms with Crippen LogP contribution in [0.25, 0.3) is 0 Å². The van der Waals surface area contributed by atoms with Crippen molar-refractivity contribution >= 4 is 23.5 Å². The van der Waals surface area contributed by atoms with Gasteiger partial charge in [-0.3, -0.25) is 9.05 Å². The molecule has 0 aromatic rings. The Bertz CT molecular complexity index is 522. The minimum atomic E-state index is -5.34. The molecule has 0 aromatic carbocycles. The van der Waals surface area contributed by atoms with Crippen LogP contribution in [-0.4, -0.2) is 59.6 Å². The molecule has 22 heavy (non-hydrogen) atoms. The second kappa shape index (κ2) is 7.04. The fourth-order valence-electron chi connectivity index (χ4n) is 1.87. The largest absolute Gasteiger partial charge is 0.481 e. The van der Waals surface area contributed by atoms with E-state index in [1.54, 1.807) is 0 Å². The maximum absolute atomic E-state index is 11.3. The Morgan fingerprint density at radius 1 is 0.909 bits per heavy atom. The van der Waals surface area contributed by atoms with Gasteiger partial charge in [0.15, 0.2) is 0 Å². The third kappa shape index (κ3) is 6.81. The zero-order chi connectivity index (χ0) is 17.3. The highest BCUT2D eigenvalue weighted by atomic mass is 31.3. The van der Waals surface area contributed by atoms with E-state index in [4.69, 9.17) is 24.5 Å². The van der Waals surface area contributed by atoms with Gasteiger partial charge < -0.3 is 34.7 Å². The lowest BCUT2D eigenvalue weighted by atomic mass is 10.1. The lowest BCUT2D eigenvalue weighted by Crippen LogP contribution is -2.32. The first-order valence-corrected chi connectivity index (χ1v) is 10.1. The normalized spacial score (nSPS) is 32.9. The predicted octanol–water partition coefficient (Wildman–Crippen LogP) is -1.57. The molecule has 1 saturated carbocycles. The average molecular weight is 388 g/mol. The van der Waals surface area contributed by atoms with E-state index in [1.165, 1.54) is 0 Å². The van der Waals surface area contributed by atoms with Crippen LogP contribution in [0.1, 0.15) is 6.42 Å². The third-order valence-electron chi connectivity index (χ3n) is 2.68. The van der Waals surface area contributed by atoms with E-state index >= 15 is 0 Å². The van der Waals surface area contributed by atoms with Gasteiger partial charge in [0.1, 0.15) is 6.10 Å². The summed E-state index contributed by atoms with van der Waals surface area (Å²) < 4.78 is 44.4. The Hall–Kier alpha value is 0.290. The Labute approximate surface area is 123 Å².